The molecular formula is C29H40N4O6S. The number of aliphatic carboxylic acids is 1. The molecule has 5 atom stereocenters. The maximum atomic E-state index is 13.4. The zero-order valence-electron chi connectivity index (χ0n) is 23.1. The van der Waals surface area contributed by atoms with Gasteiger partial charge in [-0.2, -0.15) is 11.8 Å². The fraction of sp³-hybridized carbons (Fsp3) is 0.448. The van der Waals surface area contributed by atoms with E-state index in [1.807, 2.05) is 26.2 Å². The molecule has 40 heavy (non-hydrogen) atoms. The third-order valence-electron chi connectivity index (χ3n) is 6.71. The first kappa shape index (κ1) is 32.6. The minimum absolute atomic E-state index is 0.0206. The number of benzene rings is 2. The Kier molecular flexibility index (Phi) is 13.5. The molecule has 0 bridgehead atoms. The molecule has 0 aliphatic rings. The first-order valence-electron chi connectivity index (χ1n) is 13.3. The number of carboxylic acid groups (broad SMARTS) is 1. The van der Waals surface area contributed by atoms with Crippen LogP contribution in [0.5, 0.6) is 5.75 Å². The Hall–Kier alpha value is -3.57. The molecular weight excluding hydrogens is 532 g/mol. The summed E-state index contributed by atoms with van der Waals surface area (Å²) in [7, 11) is 0. The summed E-state index contributed by atoms with van der Waals surface area (Å²) < 4.78 is 0. The van der Waals surface area contributed by atoms with E-state index in [0.717, 1.165) is 5.56 Å². The molecule has 2 aromatic rings. The number of phenolic OH excluding ortho intramolecular Hbond substituents is 1. The minimum atomic E-state index is -1.27. The number of carbonyl (C=O) groups excluding carboxylic acids is 3. The fourth-order valence-electron chi connectivity index (χ4n) is 3.96. The second-order valence-corrected chi connectivity index (χ2v) is 10.8. The van der Waals surface area contributed by atoms with E-state index in [9.17, 15) is 29.4 Å². The first-order valence-corrected chi connectivity index (χ1v) is 14.6. The van der Waals surface area contributed by atoms with Crippen molar-refractivity contribution < 1.29 is 29.4 Å². The molecule has 0 spiro atoms. The standard InChI is InChI=1S/C29H40N4O6S/c1-4-18(2)25(30)28(37)31-22(14-15-40-3)26(35)32-23(16-19-8-6-5-7-9-19)27(36)33-24(29(38)39)17-20-10-12-21(34)13-11-20/h5-13,18,22-25,34H,4,14-17,30H2,1-3H3,(H,31,37)(H,32,35)(H,33,36)(H,38,39). The largest absolute Gasteiger partial charge is 0.508 e. The molecule has 0 fully saturated rings. The summed E-state index contributed by atoms with van der Waals surface area (Å²) >= 11 is 1.51. The van der Waals surface area contributed by atoms with Crippen LogP contribution in [-0.4, -0.2) is 70.1 Å². The fourth-order valence-corrected chi connectivity index (χ4v) is 4.43. The normalized spacial score (nSPS) is 14.7. The summed E-state index contributed by atoms with van der Waals surface area (Å²) in [4.78, 5) is 51.5. The van der Waals surface area contributed by atoms with E-state index >= 15 is 0 Å². The van der Waals surface area contributed by atoms with Crippen LogP contribution in [0.3, 0.4) is 0 Å². The van der Waals surface area contributed by atoms with E-state index < -0.39 is 47.9 Å². The van der Waals surface area contributed by atoms with Crippen molar-refractivity contribution in [3.8, 4) is 5.75 Å². The molecule has 3 amide bonds. The SMILES string of the molecule is CCC(C)C(N)C(=O)NC(CCSC)C(=O)NC(Cc1ccccc1)C(=O)NC(Cc1ccc(O)cc1)C(=O)O. The van der Waals surface area contributed by atoms with Crippen molar-refractivity contribution >= 4 is 35.5 Å². The summed E-state index contributed by atoms with van der Waals surface area (Å²) in [5, 5.41) is 27.3. The van der Waals surface area contributed by atoms with Crippen molar-refractivity contribution in [2.24, 2.45) is 11.7 Å². The third kappa shape index (κ3) is 10.5. The molecule has 0 aromatic heterocycles. The van der Waals surface area contributed by atoms with Crippen molar-refractivity contribution in [2.75, 3.05) is 12.0 Å². The number of aromatic hydroxyl groups is 1. The molecule has 7 N–H and O–H groups in total. The Morgan fingerprint density at radius 1 is 0.825 bits per heavy atom. The van der Waals surface area contributed by atoms with Crippen LogP contribution in [0, 0.1) is 5.92 Å². The lowest BCUT2D eigenvalue weighted by molar-refractivity contribution is -0.142. The van der Waals surface area contributed by atoms with Crippen molar-refractivity contribution in [2.45, 2.75) is 63.7 Å². The molecule has 0 radical (unpaired) electrons. The first-order chi connectivity index (χ1) is 19.0. The Morgan fingerprint density at radius 2 is 1.35 bits per heavy atom. The lowest BCUT2D eigenvalue weighted by Gasteiger charge is -2.26. The summed E-state index contributed by atoms with van der Waals surface area (Å²) in [6.07, 6.45) is 3.00. The van der Waals surface area contributed by atoms with Gasteiger partial charge in [0.15, 0.2) is 0 Å². The highest BCUT2D eigenvalue weighted by molar-refractivity contribution is 7.98. The lowest BCUT2D eigenvalue weighted by atomic mass is 9.99. The van der Waals surface area contributed by atoms with Gasteiger partial charge in [-0.15, -0.1) is 0 Å². The number of phenols is 1. The van der Waals surface area contributed by atoms with Gasteiger partial charge in [-0.3, -0.25) is 14.4 Å². The number of carbonyl (C=O) groups is 4. The highest BCUT2D eigenvalue weighted by Gasteiger charge is 2.31. The second-order valence-electron chi connectivity index (χ2n) is 9.77. The van der Waals surface area contributed by atoms with Crippen LogP contribution in [0.1, 0.15) is 37.8 Å². The van der Waals surface area contributed by atoms with Gasteiger partial charge in [0.1, 0.15) is 23.9 Å². The Labute approximate surface area is 239 Å². The third-order valence-corrected chi connectivity index (χ3v) is 7.35. The average Bonchev–Trinajstić information content (AvgIpc) is 2.94. The zero-order chi connectivity index (χ0) is 29.7. The highest BCUT2D eigenvalue weighted by atomic mass is 32.2. The summed E-state index contributed by atoms with van der Waals surface area (Å²) in [6.45, 7) is 3.78. The number of thioether (sulfide) groups is 1. The van der Waals surface area contributed by atoms with Gasteiger partial charge in [-0.25, -0.2) is 4.79 Å². The number of hydrogen-bond donors (Lipinski definition) is 6. The minimum Gasteiger partial charge on any atom is -0.508 e. The van der Waals surface area contributed by atoms with E-state index in [0.29, 0.717) is 24.2 Å². The molecule has 5 unspecified atom stereocenters. The molecule has 10 nitrogen and oxygen atoms in total. The molecule has 0 saturated carbocycles. The summed E-state index contributed by atoms with van der Waals surface area (Å²) in [6, 6.07) is 11.0. The molecule has 0 saturated heterocycles. The maximum Gasteiger partial charge on any atom is 0.326 e. The number of amides is 3. The topological polar surface area (TPSA) is 171 Å². The van der Waals surface area contributed by atoms with Gasteiger partial charge in [0.2, 0.25) is 17.7 Å². The maximum absolute atomic E-state index is 13.4. The molecule has 11 heteroatoms. The van der Waals surface area contributed by atoms with Gasteiger partial charge in [0.05, 0.1) is 6.04 Å². The monoisotopic (exact) mass is 572 g/mol. The van der Waals surface area contributed by atoms with Crippen LogP contribution in [0.2, 0.25) is 0 Å². The number of nitrogens with two attached hydrogens (primary N) is 1. The second kappa shape index (κ2) is 16.5. The van der Waals surface area contributed by atoms with Gasteiger partial charge >= 0.3 is 5.97 Å². The van der Waals surface area contributed by atoms with Gasteiger partial charge < -0.3 is 31.9 Å². The lowest BCUT2D eigenvalue weighted by Crippen LogP contribution is -2.58. The van der Waals surface area contributed by atoms with Crippen LogP contribution in [0.15, 0.2) is 54.6 Å². The number of carboxylic acids is 1. The van der Waals surface area contributed by atoms with Gasteiger partial charge in [0.25, 0.3) is 0 Å². The van der Waals surface area contributed by atoms with Crippen LogP contribution in [0.4, 0.5) is 0 Å². The zero-order valence-corrected chi connectivity index (χ0v) is 23.9. The highest BCUT2D eigenvalue weighted by Crippen LogP contribution is 2.13. The molecule has 2 aromatic carbocycles. The smallest absolute Gasteiger partial charge is 0.326 e. The molecule has 0 aliphatic heterocycles. The van der Waals surface area contributed by atoms with E-state index in [4.69, 9.17) is 5.73 Å². The number of rotatable bonds is 16. The number of hydrogen-bond acceptors (Lipinski definition) is 7. The average molecular weight is 573 g/mol. The molecule has 0 heterocycles. The van der Waals surface area contributed by atoms with Gasteiger partial charge in [-0.1, -0.05) is 62.7 Å². The van der Waals surface area contributed by atoms with Crippen molar-refractivity contribution in [3.05, 3.63) is 65.7 Å². The predicted octanol–water partition coefficient (Wildman–Crippen LogP) is 1.84. The van der Waals surface area contributed by atoms with E-state index in [1.165, 1.54) is 23.9 Å². The van der Waals surface area contributed by atoms with Gasteiger partial charge in [0, 0.05) is 12.8 Å². The van der Waals surface area contributed by atoms with Crippen molar-refractivity contribution in [1.82, 2.24) is 16.0 Å². The quantitative estimate of drug-likeness (QED) is 0.177. The Balaban J connectivity index is 2.24. The molecule has 218 valence electrons. The van der Waals surface area contributed by atoms with Crippen LogP contribution in [0.25, 0.3) is 0 Å². The molecule has 0 aliphatic carbocycles. The van der Waals surface area contributed by atoms with Crippen LogP contribution >= 0.6 is 11.8 Å². The van der Waals surface area contributed by atoms with Crippen molar-refractivity contribution in [3.63, 3.8) is 0 Å². The molecule has 2 rings (SSSR count). The summed E-state index contributed by atoms with van der Waals surface area (Å²) in [5.74, 6) is -2.37. The van der Waals surface area contributed by atoms with E-state index in [1.54, 1.807) is 36.4 Å². The van der Waals surface area contributed by atoms with Gasteiger partial charge in [-0.05, 0) is 47.6 Å². The Bertz CT molecular complexity index is 1120. The van der Waals surface area contributed by atoms with E-state index in [2.05, 4.69) is 16.0 Å². The van der Waals surface area contributed by atoms with Crippen LogP contribution < -0.4 is 21.7 Å². The predicted molar refractivity (Wildman–Crippen MR) is 156 cm³/mol. The van der Waals surface area contributed by atoms with E-state index in [-0.39, 0.29) is 24.5 Å². The Morgan fingerprint density at radius 3 is 1.93 bits per heavy atom. The number of nitrogens with one attached hydrogen (secondary N) is 3. The van der Waals surface area contributed by atoms with Crippen molar-refractivity contribution in [1.29, 1.82) is 0 Å². The summed E-state index contributed by atoms with van der Waals surface area (Å²) in [5.41, 5.74) is 7.44. The van der Waals surface area contributed by atoms with Crippen LogP contribution in [-0.2, 0) is 32.0 Å².